The second kappa shape index (κ2) is 2.12. The van der Waals surface area contributed by atoms with Gasteiger partial charge in [-0.2, -0.15) is 0 Å². The Labute approximate surface area is 68.7 Å². The van der Waals surface area contributed by atoms with Crippen molar-refractivity contribution in [1.82, 2.24) is 0 Å². The van der Waals surface area contributed by atoms with Crippen LogP contribution in [0.5, 0.6) is 0 Å². The van der Waals surface area contributed by atoms with Crippen LogP contribution in [0.4, 0.5) is 0 Å². The van der Waals surface area contributed by atoms with Crippen molar-refractivity contribution >= 4 is 0 Å². The highest BCUT2D eigenvalue weighted by Crippen LogP contribution is 2.62. The molecule has 0 aromatic carbocycles. The third-order valence-corrected chi connectivity index (χ3v) is 3.76. The molecule has 0 amide bonds. The lowest BCUT2D eigenvalue weighted by molar-refractivity contribution is 0.461. The van der Waals surface area contributed by atoms with E-state index < -0.39 is 0 Å². The van der Waals surface area contributed by atoms with E-state index in [1.54, 1.807) is 0 Å². The van der Waals surface area contributed by atoms with Gasteiger partial charge in [0.1, 0.15) is 0 Å². The normalized spacial score (nSPS) is 29.5. The van der Waals surface area contributed by atoms with Crippen molar-refractivity contribution in [2.24, 2.45) is 11.8 Å². The summed E-state index contributed by atoms with van der Waals surface area (Å²) in [5.41, 5.74) is 3.70. The summed E-state index contributed by atoms with van der Waals surface area (Å²) < 4.78 is 0. The maximum absolute atomic E-state index is 1.85. The molecular formula is C11H16. The average Bonchev–Trinajstić information content (AvgIpc) is 2.84. The zero-order valence-corrected chi connectivity index (χ0v) is 7.10. The van der Waals surface area contributed by atoms with Crippen LogP contribution in [-0.2, 0) is 0 Å². The van der Waals surface area contributed by atoms with Crippen LogP contribution in [-0.4, -0.2) is 0 Å². The number of rotatable bonds is 3. The third-order valence-electron chi connectivity index (χ3n) is 3.76. The van der Waals surface area contributed by atoms with Crippen molar-refractivity contribution in [2.75, 3.05) is 0 Å². The molecule has 11 heavy (non-hydrogen) atoms. The fraction of sp³-hybridized carbons (Fsp3) is 0.818. The zero-order chi connectivity index (χ0) is 7.26. The maximum atomic E-state index is 1.85. The summed E-state index contributed by atoms with van der Waals surface area (Å²) in [6, 6.07) is 0. The van der Waals surface area contributed by atoms with Crippen molar-refractivity contribution in [3.8, 4) is 0 Å². The first kappa shape index (κ1) is 6.28. The van der Waals surface area contributed by atoms with E-state index in [2.05, 4.69) is 0 Å². The van der Waals surface area contributed by atoms with E-state index in [0.29, 0.717) is 0 Å². The van der Waals surface area contributed by atoms with Crippen LogP contribution in [0.2, 0.25) is 0 Å². The molecule has 3 rings (SSSR count). The van der Waals surface area contributed by atoms with Crippen LogP contribution in [0.1, 0.15) is 44.9 Å². The van der Waals surface area contributed by atoms with Crippen molar-refractivity contribution < 1.29 is 0 Å². The predicted octanol–water partition coefficient (Wildman–Crippen LogP) is 3.29. The third kappa shape index (κ3) is 1.04. The van der Waals surface area contributed by atoms with E-state index >= 15 is 0 Å². The Bertz CT molecular complexity index is 194. The van der Waals surface area contributed by atoms with Crippen LogP contribution < -0.4 is 0 Å². The number of hydrogen-bond acceptors (Lipinski definition) is 0. The summed E-state index contributed by atoms with van der Waals surface area (Å²) in [6.07, 6.45) is 10.6. The first-order valence-electron chi connectivity index (χ1n) is 5.17. The monoisotopic (exact) mass is 148 g/mol. The van der Waals surface area contributed by atoms with Gasteiger partial charge in [0, 0.05) is 5.92 Å². The van der Waals surface area contributed by atoms with Crippen molar-refractivity contribution in [1.29, 1.82) is 0 Å². The van der Waals surface area contributed by atoms with Gasteiger partial charge in [0.25, 0.3) is 0 Å². The van der Waals surface area contributed by atoms with Crippen LogP contribution >= 0.6 is 0 Å². The van der Waals surface area contributed by atoms with Crippen molar-refractivity contribution in [2.45, 2.75) is 44.9 Å². The average molecular weight is 148 g/mol. The lowest BCUT2D eigenvalue weighted by Crippen LogP contribution is -1.98. The minimum Gasteiger partial charge on any atom is -0.0588 e. The van der Waals surface area contributed by atoms with Gasteiger partial charge in [-0.15, -0.1) is 0 Å². The fourth-order valence-corrected chi connectivity index (χ4v) is 2.70. The summed E-state index contributed by atoms with van der Waals surface area (Å²) >= 11 is 0. The van der Waals surface area contributed by atoms with Crippen LogP contribution in [0, 0.1) is 11.8 Å². The smallest absolute Gasteiger partial charge is 0.00195 e. The Morgan fingerprint density at radius 2 is 1.73 bits per heavy atom. The summed E-state index contributed by atoms with van der Waals surface area (Å²) in [4.78, 5) is 0. The molecule has 0 nitrogen and oxygen atoms in total. The molecule has 0 atom stereocenters. The van der Waals surface area contributed by atoms with E-state index in [0.717, 1.165) is 11.8 Å². The van der Waals surface area contributed by atoms with Gasteiger partial charge in [-0.1, -0.05) is 36.8 Å². The molecule has 0 aromatic heterocycles. The molecule has 0 bridgehead atoms. The van der Waals surface area contributed by atoms with Crippen LogP contribution in [0.15, 0.2) is 11.1 Å². The second-order valence-electron chi connectivity index (χ2n) is 4.51. The molecule has 0 heterocycles. The Kier molecular flexibility index (Phi) is 1.21. The van der Waals surface area contributed by atoms with E-state index in [9.17, 15) is 0 Å². The number of hydrogen-bond donors (Lipinski definition) is 0. The van der Waals surface area contributed by atoms with Crippen molar-refractivity contribution in [3.63, 3.8) is 0 Å². The van der Waals surface area contributed by atoms with Crippen molar-refractivity contribution in [3.05, 3.63) is 11.1 Å². The summed E-state index contributed by atoms with van der Waals surface area (Å²) in [5.74, 6) is 2.19. The maximum Gasteiger partial charge on any atom is 0.00195 e. The Morgan fingerprint density at radius 1 is 1.00 bits per heavy atom. The van der Waals surface area contributed by atoms with Gasteiger partial charge in [0.05, 0.1) is 0 Å². The van der Waals surface area contributed by atoms with Gasteiger partial charge in [0.2, 0.25) is 0 Å². The van der Waals surface area contributed by atoms with E-state index in [-0.39, 0.29) is 0 Å². The van der Waals surface area contributed by atoms with Crippen LogP contribution in [0.25, 0.3) is 0 Å². The Balaban J connectivity index is 1.38. The molecule has 0 spiro atoms. The SMILES string of the molecule is C1CCC(CCC2C3=C2C3)C1. The molecule has 3 aliphatic rings. The van der Waals surface area contributed by atoms with Gasteiger partial charge in [-0.25, -0.2) is 0 Å². The summed E-state index contributed by atoms with van der Waals surface area (Å²) in [7, 11) is 0. The van der Waals surface area contributed by atoms with E-state index in [1.165, 1.54) is 44.9 Å². The molecule has 60 valence electrons. The molecule has 1 saturated carbocycles. The van der Waals surface area contributed by atoms with E-state index in [1.807, 2.05) is 11.1 Å². The number of allylic oxidation sites excluding steroid dienone is 2. The lowest BCUT2D eigenvalue weighted by Gasteiger charge is -2.10. The second-order valence-corrected chi connectivity index (χ2v) is 4.51. The van der Waals surface area contributed by atoms with Crippen LogP contribution in [0.3, 0.4) is 0 Å². The molecule has 0 radical (unpaired) electrons. The molecule has 0 saturated heterocycles. The summed E-state index contributed by atoms with van der Waals surface area (Å²) in [6.45, 7) is 0. The molecule has 0 heteroatoms. The fourth-order valence-electron chi connectivity index (χ4n) is 2.70. The van der Waals surface area contributed by atoms with Gasteiger partial charge >= 0.3 is 0 Å². The Hall–Kier alpha value is -0.260. The first-order valence-corrected chi connectivity index (χ1v) is 5.17. The van der Waals surface area contributed by atoms with E-state index in [4.69, 9.17) is 0 Å². The molecule has 0 unspecified atom stereocenters. The molecule has 0 aromatic rings. The molecular weight excluding hydrogens is 132 g/mol. The minimum absolute atomic E-state index is 1.07. The largest absolute Gasteiger partial charge is 0.0588 e. The molecule has 0 N–H and O–H groups in total. The predicted molar refractivity (Wildman–Crippen MR) is 46.3 cm³/mol. The quantitative estimate of drug-likeness (QED) is 0.539. The standard InChI is InChI=1S/C11H16/c1-2-4-8(3-1)5-6-9-10-7-11(9)10/h8-9H,1-7H2. The minimum atomic E-state index is 1.07. The lowest BCUT2D eigenvalue weighted by atomic mass is 9.95. The van der Waals surface area contributed by atoms with Gasteiger partial charge in [0.15, 0.2) is 0 Å². The highest BCUT2D eigenvalue weighted by Gasteiger charge is 2.48. The molecule has 0 aliphatic heterocycles. The topological polar surface area (TPSA) is 0 Å². The van der Waals surface area contributed by atoms with Gasteiger partial charge in [-0.05, 0) is 25.2 Å². The van der Waals surface area contributed by atoms with Gasteiger partial charge in [-0.3, -0.25) is 0 Å². The highest BCUT2D eigenvalue weighted by molar-refractivity contribution is 5.59. The highest BCUT2D eigenvalue weighted by atomic mass is 14.5. The molecule has 3 aliphatic carbocycles. The zero-order valence-electron chi connectivity index (χ0n) is 7.10. The first-order chi connectivity index (χ1) is 5.45. The Morgan fingerprint density at radius 3 is 2.27 bits per heavy atom. The van der Waals surface area contributed by atoms with Gasteiger partial charge < -0.3 is 0 Å². The summed E-state index contributed by atoms with van der Waals surface area (Å²) in [5, 5.41) is 0. The molecule has 1 fully saturated rings.